The summed E-state index contributed by atoms with van der Waals surface area (Å²) in [6, 6.07) is 71.5. The van der Waals surface area contributed by atoms with Crippen molar-refractivity contribution >= 4 is 21.8 Å². The van der Waals surface area contributed by atoms with Crippen molar-refractivity contribution in [3.05, 3.63) is 206 Å². The van der Waals surface area contributed by atoms with Crippen molar-refractivity contribution in [2.24, 2.45) is 0 Å². The van der Waals surface area contributed by atoms with Crippen LogP contribution in [0.3, 0.4) is 0 Å². The number of benzene rings is 7. The van der Waals surface area contributed by atoms with Gasteiger partial charge in [0.2, 0.25) is 0 Å². The van der Waals surface area contributed by atoms with Crippen LogP contribution in [-0.4, -0.2) is 19.9 Å². The predicted octanol–water partition coefficient (Wildman–Crippen LogP) is 13.2. The molecule has 0 radical (unpaired) electrons. The minimum Gasteiger partial charge on any atom is -0.245 e. The fourth-order valence-corrected chi connectivity index (χ4v) is 7.41. The maximum absolute atomic E-state index is 5.29. The number of nitrogens with zero attached hydrogens (tertiary/aromatic N) is 4. The molecule has 7 aromatic carbocycles. The molecule has 0 fully saturated rings. The monoisotopic (exact) mass is 714 g/mol. The Labute approximate surface area is 325 Å². The van der Waals surface area contributed by atoms with Gasteiger partial charge < -0.3 is 0 Å². The van der Waals surface area contributed by atoms with E-state index < -0.39 is 0 Å². The molecule has 0 unspecified atom stereocenters. The van der Waals surface area contributed by atoms with Crippen molar-refractivity contribution in [2.75, 3.05) is 0 Å². The van der Waals surface area contributed by atoms with Gasteiger partial charge in [-0.05, 0) is 46.5 Å². The van der Waals surface area contributed by atoms with Crippen molar-refractivity contribution < 1.29 is 0 Å². The first kappa shape index (κ1) is 33.0. The summed E-state index contributed by atoms with van der Waals surface area (Å²) in [5, 5.41) is 2.14. The molecular formula is C52H34N4. The largest absolute Gasteiger partial charge is 0.245 e. The fraction of sp³-hybridized carbons (Fsp3) is 0. The Balaban J connectivity index is 1.02. The standard InChI is InChI=1S/C52H34N4/c1-5-14-36(15-6-1)45-33-47(37-16-7-2-8-17-37)54-51-44(45)30-28-40-29-31-46(53-50(40)51)39-26-24-35(25-27-39)42-22-13-23-43(32-42)49-34-48(38-18-9-3-10-19-38)55-52(56-49)41-20-11-4-12-21-41/h1-34H. The molecule has 4 heteroatoms. The number of aromatic nitrogens is 4. The lowest BCUT2D eigenvalue weighted by Crippen LogP contribution is -1.96. The van der Waals surface area contributed by atoms with Crippen LogP contribution in [-0.2, 0) is 0 Å². The lowest BCUT2D eigenvalue weighted by molar-refractivity contribution is 1.18. The van der Waals surface area contributed by atoms with E-state index in [1.165, 1.54) is 0 Å². The Morgan fingerprint density at radius 2 is 0.732 bits per heavy atom. The number of fused-ring (bicyclic) bond motifs is 3. The Hall–Kier alpha value is -7.56. The Bertz CT molecular complexity index is 2930. The maximum Gasteiger partial charge on any atom is 0.160 e. The molecule has 56 heavy (non-hydrogen) atoms. The molecule has 0 spiro atoms. The molecule has 0 aliphatic heterocycles. The van der Waals surface area contributed by atoms with Crippen molar-refractivity contribution in [2.45, 2.75) is 0 Å². The van der Waals surface area contributed by atoms with Crippen LogP contribution in [0, 0.1) is 0 Å². The van der Waals surface area contributed by atoms with E-state index in [0.29, 0.717) is 5.82 Å². The second kappa shape index (κ2) is 14.3. The quantitative estimate of drug-likeness (QED) is 0.154. The summed E-state index contributed by atoms with van der Waals surface area (Å²) < 4.78 is 0. The molecule has 0 bridgehead atoms. The van der Waals surface area contributed by atoms with Crippen molar-refractivity contribution in [1.29, 1.82) is 0 Å². The summed E-state index contributed by atoms with van der Waals surface area (Å²) in [4.78, 5) is 20.6. The summed E-state index contributed by atoms with van der Waals surface area (Å²) in [6.45, 7) is 0. The van der Waals surface area contributed by atoms with E-state index in [9.17, 15) is 0 Å². The zero-order chi connectivity index (χ0) is 37.3. The average molecular weight is 715 g/mol. The van der Waals surface area contributed by atoms with Gasteiger partial charge in [0.1, 0.15) is 0 Å². The van der Waals surface area contributed by atoms with Gasteiger partial charge in [0.25, 0.3) is 0 Å². The van der Waals surface area contributed by atoms with E-state index in [1.54, 1.807) is 0 Å². The molecule has 0 saturated carbocycles. The number of rotatable bonds is 7. The van der Waals surface area contributed by atoms with Gasteiger partial charge in [-0.25, -0.2) is 19.9 Å². The summed E-state index contributed by atoms with van der Waals surface area (Å²) >= 11 is 0. The highest BCUT2D eigenvalue weighted by Crippen LogP contribution is 2.36. The van der Waals surface area contributed by atoms with E-state index in [0.717, 1.165) is 94.7 Å². The molecule has 0 amide bonds. The Morgan fingerprint density at radius 3 is 1.39 bits per heavy atom. The van der Waals surface area contributed by atoms with E-state index in [4.69, 9.17) is 19.9 Å². The van der Waals surface area contributed by atoms with Crippen molar-refractivity contribution in [1.82, 2.24) is 19.9 Å². The first-order valence-corrected chi connectivity index (χ1v) is 18.8. The third-order valence-electron chi connectivity index (χ3n) is 10.3. The van der Waals surface area contributed by atoms with E-state index in [2.05, 4.69) is 164 Å². The number of hydrogen-bond acceptors (Lipinski definition) is 4. The zero-order valence-electron chi connectivity index (χ0n) is 30.4. The van der Waals surface area contributed by atoms with Gasteiger partial charge in [-0.2, -0.15) is 0 Å². The van der Waals surface area contributed by atoms with Gasteiger partial charge in [-0.15, -0.1) is 0 Å². The molecule has 4 nitrogen and oxygen atoms in total. The topological polar surface area (TPSA) is 51.6 Å². The highest BCUT2D eigenvalue weighted by Gasteiger charge is 2.15. The second-order valence-electron chi connectivity index (χ2n) is 13.9. The molecule has 10 aromatic rings. The van der Waals surface area contributed by atoms with Gasteiger partial charge in [-0.1, -0.05) is 182 Å². The van der Waals surface area contributed by atoms with E-state index in [-0.39, 0.29) is 0 Å². The lowest BCUT2D eigenvalue weighted by Gasteiger charge is -2.13. The third-order valence-corrected chi connectivity index (χ3v) is 10.3. The molecule has 0 N–H and O–H groups in total. The summed E-state index contributed by atoms with van der Waals surface area (Å²) in [7, 11) is 0. The number of hydrogen-bond donors (Lipinski definition) is 0. The first-order valence-electron chi connectivity index (χ1n) is 18.8. The molecule has 0 aliphatic rings. The highest BCUT2D eigenvalue weighted by molar-refractivity contribution is 6.09. The maximum atomic E-state index is 5.29. The lowest BCUT2D eigenvalue weighted by atomic mass is 9.96. The molecule has 0 saturated heterocycles. The Morgan fingerprint density at radius 1 is 0.250 bits per heavy atom. The normalized spacial score (nSPS) is 11.2. The minimum absolute atomic E-state index is 0.704. The SMILES string of the molecule is c1ccc(-c2cc(-c3cccc(-c4ccc(-c5ccc6ccc7c(-c8ccccc8)cc(-c8ccccc8)nc7c6n5)cc4)c3)nc(-c3ccccc3)n2)cc1. The molecular weight excluding hydrogens is 681 g/mol. The Kier molecular flexibility index (Phi) is 8.47. The van der Waals surface area contributed by atoms with Crippen LogP contribution < -0.4 is 0 Å². The molecule has 262 valence electrons. The highest BCUT2D eigenvalue weighted by atomic mass is 14.9. The van der Waals surface area contributed by atoms with Crippen LogP contribution in [0.1, 0.15) is 0 Å². The van der Waals surface area contributed by atoms with Crippen LogP contribution in [0.5, 0.6) is 0 Å². The molecule has 3 heterocycles. The summed E-state index contributed by atoms with van der Waals surface area (Å²) in [5.74, 6) is 0.704. The van der Waals surface area contributed by atoms with Gasteiger partial charge >= 0.3 is 0 Å². The molecule has 0 atom stereocenters. The van der Waals surface area contributed by atoms with Crippen LogP contribution in [0.4, 0.5) is 0 Å². The van der Waals surface area contributed by atoms with Crippen LogP contribution in [0.2, 0.25) is 0 Å². The van der Waals surface area contributed by atoms with E-state index in [1.807, 2.05) is 42.5 Å². The molecule has 3 aromatic heterocycles. The minimum atomic E-state index is 0.704. The zero-order valence-corrected chi connectivity index (χ0v) is 30.4. The van der Waals surface area contributed by atoms with Crippen molar-refractivity contribution in [3.63, 3.8) is 0 Å². The smallest absolute Gasteiger partial charge is 0.160 e. The van der Waals surface area contributed by atoms with Gasteiger partial charge in [0.15, 0.2) is 5.82 Å². The summed E-state index contributed by atoms with van der Waals surface area (Å²) in [5.41, 5.74) is 15.1. The van der Waals surface area contributed by atoms with Crippen LogP contribution in [0.25, 0.3) is 100 Å². The second-order valence-corrected chi connectivity index (χ2v) is 13.9. The summed E-state index contributed by atoms with van der Waals surface area (Å²) in [6.07, 6.45) is 0. The number of pyridine rings is 2. The predicted molar refractivity (Wildman–Crippen MR) is 231 cm³/mol. The van der Waals surface area contributed by atoms with Crippen LogP contribution >= 0.6 is 0 Å². The van der Waals surface area contributed by atoms with Gasteiger partial charge in [0, 0.05) is 38.6 Å². The van der Waals surface area contributed by atoms with E-state index >= 15 is 0 Å². The fourth-order valence-electron chi connectivity index (χ4n) is 7.41. The first-order chi connectivity index (χ1) is 27.7. The third kappa shape index (κ3) is 6.40. The molecule has 10 rings (SSSR count). The van der Waals surface area contributed by atoms with Crippen LogP contribution in [0.15, 0.2) is 206 Å². The van der Waals surface area contributed by atoms with Gasteiger partial charge in [0.05, 0.1) is 33.8 Å². The average Bonchev–Trinajstić information content (AvgIpc) is 3.29. The van der Waals surface area contributed by atoms with Gasteiger partial charge in [-0.3, -0.25) is 0 Å². The molecule has 0 aliphatic carbocycles. The van der Waals surface area contributed by atoms with Crippen molar-refractivity contribution in [3.8, 4) is 78.7 Å².